The van der Waals surface area contributed by atoms with Crippen molar-refractivity contribution in [1.29, 1.82) is 0 Å². The van der Waals surface area contributed by atoms with Gasteiger partial charge in [0, 0.05) is 43.4 Å². The molecule has 0 bridgehead atoms. The van der Waals surface area contributed by atoms with Crippen LogP contribution in [0, 0.1) is 0 Å². The third kappa shape index (κ3) is 5.03. The van der Waals surface area contributed by atoms with Gasteiger partial charge in [0.2, 0.25) is 11.9 Å². The van der Waals surface area contributed by atoms with Gasteiger partial charge in [0.05, 0.1) is 16.8 Å². The summed E-state index contributed by atoms with van der Waals surface area (Å²) in [5.41, 5.74) is 1.53. The Kier molecular flexibility index (Phi) is 6.53. The number of aromatic nitrogens is 4. The molecule has 1 amide bonds. The Morgan fingerprint density at radius 1 is 1.09 bits per heavy atom. The highest BCUT2D eigenvalue weighted by atomic mass is 16.5. The van der Waals surface area contributed by atoms with Gasteiger partial charge < -0.3 is 15.4 Å². The monoisotopic (exact) mass is 458 g/mol. The summed E-state index contributed by atoms with van der Waals surface area (Å²) < 4.78 is 7.44. The molecule has 9 heteroatoms. The fraction of sp³-hybridized carbons (Fsp3) is 0.240. The predicted molar refractivity (Wildman–Crippen MR) is 132 cm³/mol. The molecule has 0 aliphatic rings. The molecule has 4 rings (SSSR count). The van der Waals surface area contributed by atoms with Gasteiger partial charge in [-0.15, -0.1) is 0 Å². The largest absolute Gasteiger partial charge is 0.457 e. The molecular weight excluding hydrogens is 432 g/mol. The van der Waals surface area contributed by atoms with Gasteiger partial charge in [0.15, 0.2) is 0 Å². The fourth-order valence-corrected chi connectivity index (χ4v) is 3.34. The molecule has 9 nitrogen and oxygen atoms in total. The number of hydrogen-bond donors (Lipinski definition) is 2. The van der Waals surface area contributed by atoms with Crippen molar-refractivity contribution < 1.29 is 9.53 Å². The zero-order chi connectivity index (χ0) is 24.2. The Hall–Kier alpha value is -4.27. The maximum absolute atomic E-state index is 12.9. The topological polar surface area (TPSA) is 111 Å². The van der Waals surface area contributed by atoms with Crippen molar-refractivity contribution in [2.45, 2.75) is 33.2 Å². The van der Waals surface area contributed by atoms with Crippen LogP contribution in [0.3, 0.4) is 0 Å². The van der Waals surface area contributed by atoms with Crippen molar-refractivity contribution in [3.05, 3.63) is 65.2 Å². The summed E-state index contributed by atoms with van der Waals surface area (Å²) in [4.78, 5) is 37.6. The highest BCUT2D eigenvalue weighted by Crippen LogP contribution is 2.27. The average molecular weight is 459 g/mol. The van der Waals surface area contributed by atoms with Crippen LogP contribution in [-0.2, 0) is 11.8 Å². The van der Waals surface area contributed by atoms with Crippen LogP contribution in [0.15, 0.2) is 59.7 Å². The molecule has 0 aliphatic carbocycles. The molecule has 2 N–H and O–H groups in total. The van der Waals surface area contributed by atoms with E-state index in [1.165, 1.54) is 4.57 Å². The van der Waals surface area contributed by atoms with Crippen molar-refractivity contribution in [2.75, 3.05) is 10.6 Å². The number of fused-ring (bicyclic) bond motifs is 1. The Morgan fingerprint density at radius 3 is 2.65 bits per heavy atom. The smallest absolute Gasteiger partial charge is 0.264 e. The number of carbonyl (C=O) groups is 1. The molecule has 0 aliphatic heterocycles. The molecule has 174 valence electrons. The van der Waals surface area contributed by atoms with Crippen LogP contribution in [0.25, 0.3) is 22.2 Å². The first-order chi connectivity index (χ1) is 16.3. The zero-order valence-corrected chi connectivity index (χ0v) is 19.5. The quantitative estimate of drug-likeness (QED) is 0.423. The number of hydrogen-bond acceptors (Lipinski definition) is 7. The summed E-state index contributed by atoms with van der Waals surface area (Å²) in [6.45, 7) is 5.75. The maximum atomic E-state index is 12.9. The Labute approximate surface area is 196 Å². The minimum atomic E-state index is -0.173. The van der Waals surface area contributed by atoms with E-state index >= 15 is 0 Å². The number of nitrogens with zero attached hydrogens (tertiary/aromatic N) is 4. The molecule has 0 unspecified atom stereocenters. The molecule has 0 saturated heterocycles. The van der Waals surface area contributed by atoms with Gasteiger partial charge in [-0.1, -0.05) is 13.0 Å². The van der Waals surface area contributed by atoms with Crippen LogP contribution in [-0.4, -0.2) is 31.5 Å². The lowest BCUT2D eigenvalue weighted by Crippen LogP contribution is -2.25. The summed E-state index contributed by atoms with van der Waals surface area (Å²) in [6, 6.07) is 12.7. The van der Waals surface area contributed by atoms with E-state index in [1.807, 2.05) is 32.0 Å². The third-order valence-corrected chi connectivity index (χ3v) is 5.08. The van der Waals surface area contributed by atoms with Crippen LogP contribution >= 0.6 is 0 Å². The second-order valence-corrected chi connectivity index (χ2v) is 8.09. The molecular formula is C25H26N6O3. The first kappa shape index (κ1) is 22.9. The van der Waals surface area contributed by atoms with E-state index in [0.29, 0.717) is 40.9 Å². The molecule has 0 spiro atoms. The van der Waals surface area contributed by atoms with E-state index in [9.17, 15) is 9.59 Å². The molecule has 3 aromatic heterocycles. The first-order valence-corrected chi connectivity index (χ1v) is 11.0. The minimum Gasteiger partial charge on any atom is -0.457 e. The molecule has 34 heavy (non-hydrogen) atoms. The van der Waals surface area contributed by atoms with Gasteiger partial charge in [-0.3, -0.25) is 14.2 Å². The van der Waals surface area contributed by atoms with E-state index in [4.69, 9.17) is 4.74 Å². The number of benzene rings is 1. The molecule has 4 aromatic rings. The molecule has 3 heterocycles. The lowest BCUT2D eigenvalue weighted by Gasteiger charge is -2.13. The number of carbonyl (C=O) groups excluding carboxylic acids is 1. The number of anilines is 2. The van der Waals surface area contributed by atoms with Crippen LogP contribution in [0.2, 0.25) is 0 Å². The summed E-state index contributed by atoms with van der Waals surface area (Å²) in [5.74, 6) is 1.99. The molecule has 0 saturated carbocycles. The van der Waals surface area contributed by atoms with Gasteiger partial charge in [0.1, 0.15) is 17.3 Å². The molecule has 1 aromatic carbocycles. The second-order valence-electron chi connectivity index (χ2n) is 8.09. The Morgan fingerprint density at radius 2 is 1.88 bits per heavy atom. The van der Waals surface area contributed by atoms with E-state index < -0.39 is 0 Å². The number of nitrogens with one attached hydrogen (secondary N) is 2. The van der Waals surface area contributed by atoms with Crippen LogP contribution < -0.4 is 20.9 Å². The van der Waals surface area contributed by atoms with E-state index in [0.717, 1.165) is 10.9 Å². The summed E-state index contributed by atoms with van der Waals surface area (Å²) in [6.07, 6.45) is 3.50. The van der Waals surface area contributed by atoms with Crippen molar-refractivity contribution >= 4 is 28.6 Å². The van der Waals surface area contributed by atoms with Gasteiger partial charge in [-0.05, 0) is 44.2 Å². The minimum absolute atomic E-state index is 0.118. The lowest BCUT2D eigenvalue weighted by atomic mass is 10.1. The van der Waals surface area contributed by atoms with Crippen molar-refractivity contribution in [3.63, 3.8) is 0 Å². The van der Waals surface area contributed by atoms with Crippen molar-refractivity contribution in [2.24, 2.45) is 7.05 Å². The normalized spacial score (nSPS) is 11.0. The van der Waals surface area contributed by atoms with Crippen molar-refractivity contribution in [1.82, 2.24) is 19.5 Å². The second kappa shape index (κ2) is 9.70. The zero-order valence-electron chi connectivity index (χ0n) is 19.5. The van der Waals surface area contributed by atoms with Crippen LogP contribution in [0.4, 0.5) is 11.8 Å². The van der Waals surface area contributed by atoms with Gasteiger partial charge in [-0.2, -0.15) is 0 Å². The SMILES string of the molecule is CCC(=O)Nc1cc(Oc2ccc3nc(-c4cnc(NC(C)C)n(C)c4=O)ccc3c2)ccn1. The van der Waals surface area contributed by atoms with Crippen LogP contribution in [0.5, 0.6) is 11.5 Å². The number of amides is 1. The van der Waals surface area contributed by atoms with E-state index in [-0.39, 0.29) is 17.5 Å². The number of rotatable bonds is 7. The average Bonchev–Trinajstić information content (AvgIpc) is 2.82. The number of ether oxygens (including phenoxy) is 1. The van der Waals surface area contributed by atoms with Crippen LogP contribution in [0.1, 0.15) is 27.2 Å². The lowest BCUT2D eigenvalue weighted by molar-refractivity contribution is -0.115. The van der Waals surface area contributed by atoms with E-state index in [2.05, 4.69) is 25.6 Å². The fourth-order valence-electron chi connectivity index (χ4n) is 3.34. The molecule has 0 fully saturated rings. The Bertz CT molecular complexity index is 1410. The summed E-state index contributed by atoms with van der Waals surface area (Å²) in [7, 11) is 1.69. The standard InChI is InChI=1S/C25H26N6O3/c1-5-23(32)30-22-13-18(10-11-26-22)34-17-7-9-20-16(12-17)6-8-21(29-20)19-14-27-25(28-15(2)3)31(4)24(19)33/h6-15H,5H2,1-4H3,(H,27,28)(H,26,30,32). The van der Waals surface area contributed by atoms with Gasteiger partial charge >= 0.3 is 0 Å². The van der Waals surface area contributed by atoms with Gasteiger partial charge in [-0.25, -0.2) is 15.0 Å². The van der Waals surface area contributed by atoms with E-state index in [1.54, 1.807) is 50.6 Å². The maximum Gasteiger partial charge on any atom is 0.264 e. The third-order valence-electron chi connectivity index (χ3n) is 5.08. The number of pyridine rings is 2. The predicted octanol–water partition coefficient (Wildman–Crippen LogP) is 4.35. The summed E-state index contributed by atoms with van der Waals surface area (Å²) >= 11 is 0. The highest BCUT2D eigenvalue weighted by Gasteiger charge is 2.12. The Balaban J connectivity index is 1.59. The first-order valence-electron chi connectivity index (χ1n) is 11.0. The van der Waals surface area contributed by atoms with Gasteiger partial charge in [0.25, 0.3) is 5.56 Å². The molecule has 0 radical (unpaired) electrons. The molecule has 0 atom stereocenters. The summed E-state index contributed by atoms with van der Waals surface area (Å²) in [5, 5.41) is 6.73. The highest BCUT2D eigenvalue weighted by molar-refractivity contribution is 5.89. The van der Waals surface area contributed by atoms with Crippen molar-refractivity contribution in [3.8, 4) is 22.8 Å².